The molecule has 4 rings (SSSR count). The summed E-state index contributed by atoms with van der Waals surface area (Å²) in [6.07, 6.45) is 2.43. The highest BCUT2D eigenvalue weighted by Crippen LogP contribution is 2.43. The highest BCUT2D eigenvalue weighted by Gasteiger charge is 2.22. The van der Waals surface area contributed by atoms with Gasteiger partial charge in [0.25, 0.3) is 0 Å². The van der Waals surface area contributed by atoms with Crippen molar-refractivity contribution in [1.82, 2.24) is 14.9 Å². The zero-order chi connectivity index (χ0) is 31.3. The lowest BCUT2D eigenvalue weighted by atomic mass is 10.2. The first-order chi connectivity index (χ1) is 20.5. The van der Waals surface area contributed by atoms with E-state index in [4.69, 9.17) is 27.9 Å². The molecule has 0 atom stereocenters. The van der Waals surface area contributed by atoms with Crippen LogP contribution in [0, 0.1) is 0 Å². The number of carbonyl (C=O) groups is 3. The molecule has 0 bridgehead atoms. The summed E-state index contributed by atoms with van der Waals surface area (Å²) < 4.78 is 5.12. The van der Waals surface area contributed by atoms with Crippen LogP contribution < -0.4 is 30.5 Å². The normalized spacial score (nSPS) is 12.8. The molecule has 0 radical (unpaired) electrons. The number of hydrogen-bond donors (Lipinski definition) is 4. The van der Waals surface area contributed by atoms with E-state index in [1.165, 1.54) is 43.6 Å². The van der Waals surface area contributed by atoms with Crippen LogP contribution >= 0.6 is 23.2 Å². The van der Waals surface area contributed by atoms with Crippen LogP contribution in [0.25, 0.3) is 0 Å². The number of anilines is 6. The Labute approximate surface area is 258 Å². The Kier molecular flexibility index (Phi) is 9.78. The van der Waals surface area contributed by atoms with Gasteiger partial charge in [-0.15, -0.1) is 0 Å². The fourth-order valence-electron chi connectivity index (χ4n) is 4.29. The minimum absolute atomic E-state index is 0.00960. The average molecular weight is 630 g/mol. The van der Waals surface area contributed by atoms with Gasteiger partial charge in [-0.25, -0.2) is 14.8 Å². The van der Waals surface area contributed by atoms with E-state index < -0.39 is 11.9 Å². The maximum Gasteiger partial charge on any atom is 0.327 e. The molecule has 1 saturated heterocycles. The molecule has 0 unspecified atom stereocenters. The molecule has 226 valence electrons. The second-order valence-corrected chi connectivity index (χ2v) is 10.1. The molecule has 4 amide bonds. The molecule has 1 fully saturated rings. The Morgan fingerprint density at radius 3 is 2.42 bits per heavy atom. The van der Waals surface area contributed by atoms with E-state index in [9.17, 15) is 19.5 Å². The SMILES string of the molecule is C=CC(=O)Nc1cc(N2CCN(C(C)=O)CC2)ccc1Nc1cc(N(C)C(=O)Nc2c(Cl)c(O)cc(OC)c2Cl)ncn1. The number of piperazine rings is 1. The third kappa shape index (κ3) is 7.19. The van der Waals surface area contributed by atoms with Crippen molar-refractivity contribution in [1.29, 1.82) is 0 Å². The smallest absolute Gasteiger partial charge is 0.327 e. The molecule has 1 aromatic heterocycles. The summed E-state index contributed by atoms with van der Waals surface area (Å²) in [6.45, 7) is 7.59. The van der Waals surface area contributed by atoms with Gasteiger partial charge in [-0.1, -0.05) is 29.8 Å². The van der Waals surface area contributed by atoms with Crippen molar-refractivity contribution in [3.63, 3.8) is 0 Å². The lowest BCUT2D eigenvalue weighted by Gasteiger charge is -2.36. The molecule has 3 aromatic rings. The first-order valence-electron chi connectivity index (χ1n) is 13.0. The quantitative estimate of drug-likeness (QED) is 0.260. The number of nitrogens with one attached hydrogen (secondary N) is 3. The monoisotopic (exact) mass is 628 g/mol. The first-order valence-corrected chi connectivity index (χ1v) is 13.7. The molecule has 0 saturated carbocycles. The number of halogens is 2. The molecule has 1 aliphatic rings. The molecule has 1 aliphatic heterocycles. The van der Waals surface area contributed by atoms with E-state index in [0.29, 0.717) is 43.4 Å². The summed E-state index contributed by atoms with van der Waals surface area (Å²) in [6, 6.07) is 7.62. The minimum Gasteiger partial charge on any atom is -0.506 e. The van der Waals surface area contributed by atoms with Crippen molar-refractivity contribution in [2.75, 3.05) is 66.1 Å². The zero-order valence-corrected chi connectivity index (χ0v) is 25.2. The summed E-state index contributed by atoms with van der Waals surface area (Å²) in [5.74, 6) is -0.0144. The Morgan fingerprint density at radius 1 is 1.05 bits per heavy atom. The van der Waals surface area contributed by atoms with Crippen molar-refractivity contribution in [3.05, 3.63) is 59.4 Å². The summed E-state index contributed by atoms with van der Waals surface area (Å²) >= 11 is 12.5. The third-order valence-electron chi connectivity index (χ3n) is 6.70. The molecule has 0 spiro atoms. The number of urea groups is 1. The fourth-order valence-corrected chi connectivity index (χ4v) is 4.81. The van der Waals surface area contributed by atoms with E-state index in [-0.39, 0.29) is 39.0 Å². The largest absolute Gasteiger partial charge is 0.506 e. The van der Waals surface area contributed by atoms with Gasteiger partial charge in [-0.3, -0.25) is 14.5 Å². The van der Waals surface area contributed by atoms with Crippen LogP contribution in [0.1, 0.15) is 6.92 Å². The highest BCUT2D eigenvalue weighted by atomic mass is 35.5. The van der Waals surface area contributed by atoms with Gasteiger partial charge in [0.2, 0.25) is 11.8 Å². The van der Waals surface area contributed by atoms with Gasteiger partial charge < -0.3 is 35.6 Å². The molecule has 4 N–H and O–H groups in total. The van der Waals surface area contributed by atoms with Crippen molar-refractivity contribution >= 4 is 75.4 Å². The van der Waals surface area contributed by atoms with Crippen LogP contribution in [-0.4, -0.2) is 78.2 Å². The van der Waals surface area contributed by atoms with Gasteiger partial charge in [0.15, 0.2) is 0 Å². The average Bonchev–Trinajstić information content (AvgIpc) is 3.01. The number of phenolic OH excluding ortho intramolecular Hbond substituents is 1. The van der Waals surface area contributed by atoms with Crippen molar-refractivity contribution in [2.45, 2.75) is 6.92 Å². The summed E-state index contributed by atoms with van der Waals surface area (Å²) in [7, 11) is 2.83. The van der Waals surface area contributed by atoms with Gasteiger partial charge >= 0.3 is 6.03 Å². The maximum absolute atomic E-state index is 13.1. The van der Waals surface area contributed by atoms with Crippen LogP contribution in [0.3, 0.4) is 0 Å². The zero-order valence-electron chi connectivity index (χ0n) is 23.6. The second-order valence-electron chi connectivity index (χ2n) is 9.39. The number of aromatic nitrogens is 2. The number of hydrogen-bond acceptors (Lipinski definition) is 9. The topological polar surface area (TPSA) is 152 Å². The minimum atomic E-state index is -0.658. The van der Waals surface area contributed by atoms with Crippen molar-refractivity contribution < 1.29 is 24.2 Å². The van der Waals surface area contributed by atoms with Crippen LogP contribution in [0.4, 0.5) is 39.2 Å². The summed E-state index contributed by atoms with van der Waals surface area (Å²) in [5.41, 5.74) is 1.84. The molecule has 13 nitrogen and oxygen atoms in total. The van der Waals surface area contributed by atoms with Crippen LogP contribution in [0.15, 0.2) is 49.3 Å². The predicted molar refractivity (Wildman–Crippen MR) is 167 cm³/mol. The van der Waals surface area contributed by atoms with E-state index in [1.807, 2.05) is 12.1 Å². The number of ether oxygens (including phenoxy) is 1. The van der Waals surface area contributed by atoms with E-state index in [2.05, 4.69) is 37.4 Å². The third-order valence-corrected chi connectivity index (χ3v) is 7.46. The van der Waals surface area contributed by atoms with E-state index in [0.717, 1.165) is 5.69 Å². The van der Waals surface area contributed by atoms with Crippen LogP contribution in [0.2, 0.25) is 10.0 Å². The van der Waals surface area contributed by atoms with Gasteiger partial charge in [-0.05, 0) is 24.3 Å². The molecule has 2 aromatic carbocycles. The number of methoxy groups -OCH3 is 1. The number of nitrogens with zero attached hydrogens (tertiary/aromatic N) is 5. The molecule has 2 heterocycles. The van der Waals surface area contributed by atoms with Gasteiger partial charge in [0.1, 0.15) is 39.5 Å². The standard InChI is InChI=1S/C28H30Cl2N8O5/c1-5-24(41)34-19-12-17(38-10-8-37(9-11-38)16(2)39)6-7-18(19)33-22-14-23(32-15-31-22)36(3)28(42)35-27-25(29)20(40)13-21(43-4)26(27)30/h5-7,12-15,40H,1,8-11H2,2-4H3,(H,34,41)(H,35,42)(H,31,32,33). The molecular formula is C28H30Cl2N8O5. The summed E-state index contributed by atoms with van der Waals surface area (Å²) in [4.78, 5) is 50.5. The van der Waals surface area contributed by atoms with Crippen molar-refractivity contribution in [3.8, 4) is 11.5 Å². The molecule has 15 heteroatoms. The number of amides is 4. The maximum atomic E-state index is 13.1. The van der Waals surface area contributed by atoms with E-state index >= 15 is 0 Å². The molecular weight excluding hydrogens is 599 g/mol. The Balaban J connectivity index is 1.54. The first kappa shape index (κ1) is 31.2. The molecule has 43 heavy (non-hydrogen) atoms. The number of benzene rings is 2. The Hall–Kier alpha value is -4.75. The Bertz CT molecular complexity index is 1560. The van der Waals surface area contributed by atoms with Crippen LogP contribution in [0.5, 0.6) is 11.5 Å². The van der Waals surface area contributed by atoms with Gasteiger partial charge in [0, 0.05) is 58.0 Å². The lowest BCUT2D eigenvalue weighted by Crippen LogP contribution is -2.48. The lowest BCUT2D eigenvalue weighted by molar-refractivity contribution is -0.129. The van der Waals surface area contributed by atoms with Gasteiger partial charge in [0.05, 0.1) is 24.2 Å². The highest BCUT2D eigenvalue weighted by molar-refractivity contribution is 6.41. The number of aromatic hydroxyl groups is 1. The molecule has 0 aliphatic carbocycles. The fraction of sp³-hybridized carbons (Fsp3) is 0.250. The van der Waals surface area contributed by atoms with Crippen LogP contribution in [-0.2, 0) is 9.59 Å². The van der Waals surface area contributed by atoms with E-state index in [1.54, 1.807) is 17.9 Å². The number of phenols is 1. The van der Waals surface area contributed by atoms with Crippen molar-refractivity contribution in [2.24, 2.45) is 0 Å². The van der Waals surface area contributed by atoms with Gasteiger partial charge in [-0.2, -0.15) is 0 Å². The number of carbonyl (C=O) groups excluding carboxylic acids is 3. The Morgan fingerprint density at radius 2 is 1.77 bits per heavy atom. The number of rotatable bonds is 8. The predicted octanol–water partition coefficient (Wildman–Crippen LogP) is 4.70. The summed E-state index contributed by atoms with van der Waals surface area (Å²) in [5, 5.41) is 18.5. The second kappa shape index (κ2) is 13.5.